The highest BCUT2D eigenvalue weighted by molar-refractivity contribution is 6.01. The highest BCUT2D eigenvalue weighted by Gasteiger charge is 2.68. The Morgan fingerprint density at radius 2 is 1.60 bits per heavy atom. The van der Waals surface area contributed by atoms with Gasteiger partial charge in [0.1, 0.15) is 11.6 Å². The third-order valence-corrected chi connectivity index (χ3v) is 6.23. The van der Waals surface area contributed by atoms with Crippen LogP contribution < -0.4 is 0 Å². The quantitative estimate of drug-likeness (QED) is 0.558. The first-order valence-corrected chi connectivity index (χ1v) is 10.4. The van der Waals surface area contributed by atoms with Crippen molar-refractivity contribution in [2.75, 3.05) is 20.2 Å². The predicted molar refractivity (Wildman–Crippen MR) is 112 cm³/mol. The number of hydrogen-bond acceptors (Lipinski definition) is 5. The highest BCUT2D eigenvalue weighted by atomic mass is 16.6. The van der Waals surface area contributed by atoms with Crippen molar-refractivity contribution < 1.29 is 23.9 Å². The third-order valence-electron chi connectivity index (χ3n) is 6.23. The van der Waals surface area contributed by atoms with E-state index in [1.165, 1.54) is 7.11 Å². The number of amides is 2. The Hall–Kier alpha value is -2.57. The standard InChI is InChI=1S/C23H32N2O5/c1-21(2,3)30-18(26)17-23(12-14-24(15-13-23)20(28)29-6)19(27)25(17)22(4,5)16-10-8-7-9-11-16/h7-11,17H,12-15H2,1-6H3. The van der Waals surface area contributed by atoms with Crippen LogP contribution in [0.2, 0.25) is 0 Å². The van der Waals surface area contributed by atoms with E-state index in [4.69, 9.17) is 9.47 Å². The van der Waals surface area contributed by atoms with Gasteiger partial charge in [-0.15, -0.1) is 0 Å². The van der Waals surface area contributed by atoms with Gasteiger partial charge >= 0.3 is 12.1 Å². The number of rotatable bonds is 3. The molecule has 0 aliphatic carbocycles. The van der Waals surface area contributed by atoms with Gasteiger partial charge in [-0.25, -0.2) is 9.59 Å². The van der Waals surface area contributed by atoms with Gasteiger partial charge in [-0.05, 0) is 53.0 Å². The van der Waals surface area contributed by atoms with Gasteiger partial charge in [-0.2, -0.15) is 0 Å². The fourth-order valence-corrected chi connectivity index (χ4v) is 4.61. The maximum absolute atomic E-state index is 13.6. The summed E-state index contributed by atoms with van der Waals surface area (Å²) in [7, 11) is 1.34. The van der Waals surface area contributed by atoms with Gasteiger partial charge in [-0.3, -0.25) is 4.79 Å². The number of methoxy groups -OCH3 is 1. The van der Waals surface area contributed by atoms with Gasteiger partial charge < -0.3 is 19.3 Å². The topological polar surface area (TPSA) is 76.2 Å². The number of hydrogen-bond donors (Lipinski definition) is 0. The second-order valence-electron chi connectivity index (χ2n) is 9.65. The molecular weight excluding hydrogens is 384 g/mol. The summed E-state index contributed by atoms with van der Waals surface area (Å²) in [5.41, 5.74) is -1.23. The molecule has 0 saturated carbocycles. The number of nitrogens with zero attached hydrogens (tertiary/aromatic N) is 2. The van der Waals surface area contributed by atoms with Gasteiger partial charge in [0.25, 0.3) is 0 Å². The number of benzene rings is 1. The van der Waals surface area contributed by atoms with Gasteiger partial charge in [0.2, 0.25) is 5.91 Å². The molecule has 7 nitrogen and oxygen atoms in total. The van der Waals surface area contributed by atoms with Crippen LogP contribution in [0.15, 0.2) is 30.3 Å². The van der Waals surface area contributed by atoms with Crippen molar-refractivity contribution >= 4 is 18.0 Å². The Morgan fingerprint density at radius 1 is 1.03 bits per heavy atom. The minimum absolute atomic E-state index is 0.0586. The fraction of sp³-hybridized carbons (Fsp3) is 0.609. The van der Waals surface area contributed by atoms with Crippen LogP contribution in [0.25, 0.3) is 0 Å². The molecule has 30 heavy (non-hydrogen) atoms. The van der Waals surface area contributed by atoms with Gasteiger partial charge in [0.05, 0.1) is 18.1 Å². The molecule has 164 valence electrons. The van der Waals surface area contributed by atoms with Gasteiger partial charge in [-0.1, -0.05) is 30.3 Å². The van der Waals surface area contributed by atoms with Crippen LogP contribution in [0.4, 0.5) is 4.79 Å². The molecule has 2 aliphatic rings. The van der Waals surface area contributed by atoms with E-state index in [0.29, 0.717) is 25.9 Å². The van der Waals surface area contributed by atoms with Crippen LogP contribution in [-0.2, 0) is 24.6 Å². The van der Waals surface area contributed by atoms with E-state index in [1.807, 2.05) is 65.0 Å². The normalized spacial score (nSPS) is 21.3. The van der Waals surface area contributed by atoms with Crippen LogP contribution in [0, 0.1) is 5.41 Å². The van der Waals surface area contributed by atoms with Crippen molar-refractivity contribution in [1.82, 2.24) is 9.80 Å². The first kappa shape index (κ1) is 22.1. The largest absolute Gasteiger partial charge is 0.458 e. The number of carbonyl (C=O) groups is 3. The van der Waals surface area contributed by atoms with Gasteiger partial charge in [0, 0.05) is 13.1 Å². The van der Waals surface area contributed by atoms with E-state index < -0.39 is 34.7 Å². The Kier molecular flexibility index (Phi) is 5.60. The maximum atomic E-state index is 13.6. The van der Waals surface area contributed by atoms with Crippen LogP contribution in [0.3, 0.4) is 0 Å². The minimum Gasteiger partial charge on any atom is -0.458 e. The van der Waals surface area contributed by atoms with E-state index in [0.717, 1.165) is 5.56 Å². The zero-order chi connectivity index (χ0) is 22.3. The Bertz CT molecular complexity index is 820. The van der Waals surface area contributed by atoms with Crippen molar-refractivity contribution in [3.8, 4) is 0 Å². The minimum atomic E-state index is -0.848. The summed E-state index contributed by atoms with van der Waals surface area (Å²) >= 11 is 0. The summed E-state index contributed by atoms with van der Waals surface area (Å²) in [4.78, 5) is 42.0. The molecule has 0 N–H and O–H groups in total. The molecule has 3 rings (SSSR count). The maximum Gasteiger partial charge on any atom is 0.409 e. The van der Waals surface area contributed by atoms with Crippen LogP contribution in [0.1, 0.15) is 53.0 Å². The number of β-lactam (4-membered cyclic amide) rings is 1. The van der Waals surface area contributed by atoms with E-state index in [-0.39, 0.29) is 5.91 Å². The molecule has 2 amide bonds. The first-order valence-electron chi connectivity index (χ1n) is 10.4. The average molecular weight is 417 g/mol. The zero-order valence-electron chi connectivity index (χ0n) is 18.7. The molecular formula is C23H32N2O5. The molecule has 0 radical (unpaired) electrons. The molecule has 1 aromatic carbocycles. The predicted octanol–water partition coefficient (Wildman–Crippen LogP) is 3.32. The Morgan fingerprint density at radius 3 is 2.10 bits per heavy atom. The molecule has 1 aromatic rings. The number of piperidine rings is 1. The summed E-state index contributed by atoms with van der Waals surface area (Å²) in [5, 5.41) is 0. The zero-order valence-corrected chi connectivity index (χ0v) is 18.7. The lowest BCUT2D eigenvalue weighted by atomic mass is 9.62. The van der Waals surface area contributed by atoms with Crippen molar-refractivity contribution in [1.29, 1.82) is 0 Å². The number of carbonyl (C=O) groups excluding carboxylic acids is 3. The Labute approximate surface area is 178 Å². The van der Waals surface area contributed by atoms with E-state index in [9.17, 15) is 14.4 Å². The molecule has 0 aromatic heterocycles. The summed E-state index contributed by atoms with van der Waals surface area (Å²) in [6.07, 6.45) is 0.408. The van der Waals surface area contributed by atoms with E-state index in [1.54, 1.807) is 9.80 Å². The first-order chi connectivity index (χ1) is 13.9. The van der Waals surface area contributed by atoms with Crippen molar-refractivity contribution in [3.63, 3.8) is 0 Å². The van der Waals surface area contributed by atoms with E-state index >= 15 is 0 Å². The molecule has 2 fully saturated rings. The number of ether oxygens (including phenoxy) is 2. The van der Waals surface area contributed by atoms with Gasteiger partial charge in [0.15, 0.2) is 0 Å². The lowest BCUT2D eigenvalue weighted by molar-refractivity contribution is -0.209. The number of esters is 1. The second-order valence-corrected chi connectivity index (χ2v) is 9.65. The fourth-order valence-electron chi connectivity index (χ4n) is 4.61. The molecule has 2 heterocycles. The summed E-state index contributed by atoms with van der Waals surface area (Å²) in [5.74, 6) is -0.450. The van der Waals surface area contributed by atoms with Crippen LogP contribution in [-0.4, -0.2) is 59.6 Å². The molecule has 0 bridgehead atoms. The lowest BCUT2D eigenvalue weighted by Crippen LogP contribution is -2.77. The molecule has 1 unspecified atom stereocenters. The molecule has 2 saturated heterocycles. The van der Waals surface area contributed by atoms with Crippen molar-refractivity contribution in [2.45, 2.75) is 64.6 Å². The molecule has 7 heteroatoms. The monoisotopic (exact) mass is 416 g/mol. The second kappa shape index (κ2) is 7.60. The van der Waals surface area contributed by atoms with Crippen LogP contribution >= 0.6 is 0 Å². The average Bonchev–Trinajstić information content (AvgIpc) is 2.70. The third kappa shape index (κ3) is 3.66. The molecule has 1 atom stereocenters. The van der Waals surface area contributed by atoms with E-state index in [2.05, 4.69) is 0 Å². The lowest BCUT2D eigenvalue weighted by Gasteiger charge is -2.62. The molecule has 2 aliphatic heterocycles. The SMILES string of the molecule is COC(=O)N1CCC2(CC1)C(=O)N(C(C)(C)c1ccccc1)C2C(=O)OC(C)(C)C. The summed E-state index contributed by atoms with van der Waals surface area (Å²) < 4.78 is 10.5. The summed E-state index contributed by atoms with van der Waals surface area (Å²) in [6, 6.07) is 9.00. The molecule has 1 spiro atoms. The Balaban J connectivity index is 1.94. The number of likely N-dealkylation sites (tertiary alicyclic amines) is 2. The highest BCUT2D eigenvalue weighted by Crippen LogP contribution is 2.53. The van der Waals surface area contributed by atoms with Crippen LogP contribution in [0.5, 0.6) is 0 Å². The van der Waals surface area contributed by atoms with Crippen molar-refractivity contribution in [2.24, 2.45) is 5.41 Å². The van der Waals surface area contributed by atoms with Crippen molar-refractivity contribution in [3.05, 3.63) is 35.9 Å². The summed E-state index contributed by atoms with van der Waals surface area (Å²) in [6.45, 7) is 10.1. The smallest absolute Gasteiger partial charge is 0.409 e.